The molecule has 0 aliphatic carbocycles. The maximum Gasteiger partial charge on any atom is 0.0982 e. The van der Waals surface area contributed by atoms with Crippen LogP contribution in [0.25, 0.3) is 0 Å². The van der Waals surface area contributed by atoms with Crippen LogP contribution in [0.5, 0.6) is 0 Å². The second kappa shape index (κ2) is 6.20. The molecule has 0 aromatic heterocycles. The maximum atomic E-state index is 5.04. The smallest absolute Gasteiger partial charge is 0.0982 e. The molecule has 0 aromatic rings. The van der Waals surface area contributed by atoms with Crippen LogP contribution in [0.4, 0.5) is 0 Å². The van der Waals surface area contributed by atoms with Gasteiger partial charge in [0.2, 0.25) is 0 Å². The highest BCUT2D eigenvalue weighted by atomic mass is 16.5. The van der Waals surface area contributed by atoms with E-state index in [2.05, 4.69) is 13.2 Å². The van der Waals surface area contributed by atoms with Crippen molar-refractivity contribution in [2.45, 2.75) is 19.4 Å². The fraction of sp³-hybridized carbons (Fsp3) is 0.500. The van der Waals surface area contributed by atoms with E-state index in [0.717, 1.165) is 6.42 Å². The Morgan fingerprint density at radius 3 is 2.60 bits per heavy atom. The van der Waals surface area contributed by atoms with Gasteiger partial charge >= 0.3 is 0 Å². The molecular weight excluding hydrogens is 128 g/mol. The van der Waals surface area contributed by atoms with Crippen molar-refractivity contribution in [3.63, 3.8) is 0 Å². The average Bonchev–Trinajstić information content (AvgIpc) is 1.89. The lowest BCUT2D eigenvalue weighted by Crippen LogP contribution is -2.06. The van der Waals surface area contributed by atoms with Crippen molar-refractivity contribution in [1.82, 2.24) is 0 Å². The summed E-state index contributed by atoms with van der Waals surface area (Å²) in [7, 11) is 0. The van der Waals surface area contributed by atoms with Crippen LogP contribution in [-0.2, 0) is 9.47 Å². The summed E-state index contributed by atoms with van der Waals surface area (Å²) in [6.45, 7) is 9.48. The fourth-order valence-electron chi connectivity index (χ4n) is 0.550. The molecule has 0 fully saturated rings. The number of ether oxygens (including phenoxy) is 2. The maximum absolute atomic E-state index is 5.04. The van der Waals surface area contributed by atoms with Gasteiger partial charge in [0.05, 0.1) is 25.2 Å². The number of hydrogen-bond acceptors (Lipinski definition) is 2. The second-order valence-electron chi connectivity index (χ2n) is 1.94. The van der Waals surface area contributed by atoms with E-state index >= 15 is 0 Å². The molecule has 0 aliphatic rings. The molecule has 1 unspecified atom stereocenters. The lowest BCUT2D eigenvalue weighted by atomic mass is 10.3. The van der Waals surface area contributed by atoms with Crippen LogP contribution in [0.3, 0.4) is 0 Å². The zero-order valence-corrected chi connectivity index (χ0v) is 6.38. The third kappa shape index (κ3) is 5.22. The first kappa shape index (κ1) is 9.08. The van der Waals surface area contributed by atoms with Gasteiger partial charge < -0.3 is 9.47 Å². The zero-order chi connectivity index (χ0) is 7.82. The summed E-state index contributed by atoms with van der Waals surface area (Å²) in [4.78, 5) is 0. The van der Waals surface area contributed by atoms with E-state index in [1.54, 1.807) is 0 Å². The minimum atomic E-state index is 0.178. The average molecular weight is 142 g/mol. The molecule has 1 atom stereocenters. The summed E-state index contributed by atoms with van der Waals surface area (Å²) in [6, 6.07) is 0. The molecule has 0 spiro atoms. The van der Waals surface area contributed by atoms with Gasteiger partial charge in [-0.15, -0.1) is 0 Å². The van der Waals surface area contributed by atoms with Gasteiger partial charge in [-0.2, -0.15) is 0 Å². The van der Waals surface area contributed by atoms with Gasteiger partial charge in [-0.1, -0.05) is 13.2 Å². The SMILES string of the molecule is C=COCCC(C)OC=C. The molecule has 0 aliphatic heterocycles. The van der Waals surface area contributed by atoms with E-state index in [0.29, 0.717) is 6.61 Å². The highest BCUT2D eigenvalue weighted by molar-refractivity contribution is 4.58. The molecule has 0 radical (unpaired) electrons. The van der Waals surface area contributed by atoms with Crippen LogP contribution in [0.2, 0.25) is 0 Å². The van der Waals surface area contributed by atoms with Crippen LogP contribution in [-0.4, -0.2) is 12.7 Å². The molecule has 10 heavy (non-hydrogen) atoms. The summed E-state index contributed by atoms with van der Waals surface area (Å²) < 4.78 is 9.94. The van der Waals surface area contributed by atoms with Gasteiger partial charge in [0.1, 0.15) is 0 Å². The predicted molar refractivity (Wildman–Crippen MR) is 41.5 cm³/mol. The van der Waals surface area contributed by atoms with Gasteiger partial charge in [-0.05, 0) is 6.92 Å². The minimum absolute atomic E-state index is 0.178. The van der Waals surface area contributed by atoms with Gasteiger partial charge in [0, 0.05) is 6.42 Å². The van der Waals surface area contributed by atoms with Gasteiger partial charge in [-0.25, -0.2) is 0 Å². The normalized spacial score (nSPS) is 11.7. The lowest BCUT2D eigenvalue weighted by Gasteiger charge is -2.09. The van der Waals surface area contributed by atoms with Crippen LogP contribution in [0.15, 0.2) is 25.7 Å². The molecule has 0 saturated heterocycles. The Hall–Kier alpha value is -0.920. The van der Waals surface area contributed by atoms with Crippen molar-refractivity contribution in [2.75, 3.05) is 6.61 Å². The number of rotatable bonds is 6. The molecule has 0 aromatic carbocycles. The highest BCUT2D eigenvalue weighted by Gasteiger charge is 1.97. The molecule has 0 bridgehead atoms. The van der Waals surface area contributed by atoms with Crippen LogP contribution < -0.4 is 0 Å². The summed E-state index contributed by atoms with van der Waals surface area (Å²) in [5.74, 6) is 0. The van der Waals surface area contributed by atoms with E-state index in [-0.39, 0.29) is 6.10 Å². The van der Waals surface area contributed by atoms with E-state index in [1.807, 2.05) is 6.92 Å². The molecular formula is C8H14O2. The lowest BCUT2D eigenvalue weighted by molar-refractivity contribution is 0.120. The molecule has 0 rings (SSSR count). The van der Waals surface area contributed by atoms with Crippen LogP contribution in [0.1, 0.15) is 13.3 Å². The first-order chi connectivity index (χ1) is 4.81. The molecule has 0 N–H and O–H groups in total. The zero-order valence-electron chi connectivity index (χ0n) is 6.38. The van der Waals surface area contributed by atoms with E-state index in [1.165, 1.54) is 12.5 Å². The molecule has 2 heteroatoms. The fourth-order valence-corrected chi connectivity index (χ4v) is 0.550. The third-order valence-electron chi connectivity index (χ3n) is 1.09. The largest absolute Gasteiger partial charge is 0.502 e. The van der Waals surface area contributed by atoms with Crippen molar-refractivity contribution in [3.05, 3.63) is 25.7 Å². The van der Waals surface area contributed by atoms with Crippen LogP contribution >= 0.6 is 0 Å². The Kier molecular flexibility index (Phi) is 5.63. The summed E-state index contributed by atoms with van der Waals surface area (Å²) in [6.07, 6.45) is 3.91. The van der Waals surface area contributed by atoms with Crippen molar-refractivity contribution >= 4 is 0 Å². The van der Waals surface area contributed by atoms with Crippen molar-refractivity contribution in [2.24, 2.45) is 0 Å². The summed E-state index contributed by atoms with van der Waals surface area (Å²) >= 11 is 0. The topological polar surface area (TPSA) is 18.5 Å². The molecule has 0 amide bonds. The van der Waals surface area contributed by atoms with E-state index in [9.17, 15) is 0 Å². The quantitative estimate of drug-likeness (QED) is 0.417. The highest BCUT2D eigenvalue weighted by Crippen LogP contribution is 1.97. The van der Waals surface area contributed by atoms with Gasteiger partial charge in [0.15, 0.2) is 0 Å². The van der Waals surface area contributed by atoms with E-state index in [4.69, 9.17) is 9.47 Å². The Bertz CT molecular complexity index is 99.4. The molecule has 2 nitrogen and oxygen atoms in total. The number of hydrogen-bond donors (Lipinski definition) is 0. The molecule has 0 saturated carbocycles. The van der Waals surface area contributed by atoms with Gasteiger partial charge in [-0.3, -0.25) is 0 Å². The minimum Gasteiger partial charge on any atom is -0.502 e. The van der Waals surface area contributed by atoms with Crippen LogP contribution in [0, 0.1) is 0 Å². The van der Waals surface area contributed by atoms with Crippen molar-refractivity contribution in [3.8, 4) is 0 Å². The summed E-state index contributed by atoms with van der Waals surface area (Å²) in [5.41, 5.74) is 0. The standard InChI is InChI=1S/C8H14O2/c1-4-9-7-6-8(3)10-5-2/h4-5,8H,1-2,6-7H2,3H3. The Morgan fingerprint density at radius 1 is 1.40 bits per heavy atom. The van der Waals surface area contributed by atoms with Crippen molar-refractivity contribution < 1.29 is 9.47 Å². The molecule has 0 heterocycles. The Labute approximate surface area is 62.1 Å². The van der Waals surface area contributed by atoms with Crippen molar-refractivity contribution in [1.29, 1.82) is 0 Å². The Morgan fingerprint density at radius 2 is 2.10 bits per heavy atom. The molecule has 58 valence electrons. The monoisotopic (exact) mass is 142 g/mol. The first-order valence-electron chi connectivity index (χ1n) is 3.30. The first-order valence-corrected chi connectivity index (χ1v) is 3.30. The predicted octanol–water partition coefficient (Wildman–Crippen LogP) is 2.09. The third-order valence-corrected chi connectivity index (χ3v) is 1.09. The second-order valence-corrected chi connectivity index (χ2v) is 1.94. The summed E-state index contributed by atoms with van der Waals surface area (Å²) in [5, 5.41) is 0. The van der Waals surface area contributed by atoms with E-state index < -0.39 is 0 Å². The van der Waals surface area contributed by atoms with Gasteiger partial charge in [0.25, 0.3) is 0 Å². The Balaban J connectivity index is 3.11.